The minimum atomic E-state index is 0.971. The van der Waals surface area contributed by atoms with E-state index in [9.17, 15) is 0 Å². The predicted molar refractivity (Wildman–Crippen MR) is 76.0 cm³/mol. The van der Waals surface area contributed by atoms with Crippen molar-refractivity contribution in [3.8, 4) is 0 Å². The molecule has 0 aromatic rings. The smallest absolute Gasteiger partial charge is 0.0355 e. The highest BCUT2D eigenvalue weighted by Gasteiger charge is 2.42. The van der Waals surface area contributed by atoms with Gasteiger partial charge in [-0.3, -0.25) is 0 Å². The van der Waals surface area contributed by atoms with E-state index in [-0.39, 0.29) is 0 Å². The van der Waals surface area contributed by atoms with Gasteiger partial charge in [0, 0.05) is 0 Å². The van der Waals surface area contributed by atoms with Crippen LogP contribution in [-0.4, -0.2) is 0 Å². The maximum Gasteiger partial charge on any atom is -0.0355 e. The number of fused-ring (bicyclic) bond motifs is 1. The second-order valence-electron chi connectivity index (χ2n) is 7.01. The lowest BCUT2D eigenvalue weighted by atomic mass is 9.67. The fraction of sp³-hybridized carbons (Fsp3) is 1.00. The molecule has 2 aliphatic rings. The highest BCUT2D eigenvalue weighted by Crippen LogP contribution is 2.51. The highest BCUT2D eigenvalue weighted by molar-refractivity contribution is 4.92. The fourth-order valence-electron chi connectivity index (χ4n) is 4.70. The molecule has 6 atom stereocenters. The molecule has 6 unspecified atom stereocenters. The number of rotatable bonds is 4. The van der Waals surface area contributed by atoms with Crippen LogP contribution in [0.3, 0.4) is 0 Å². The third kappa shape index (κ3) is 2.71. The zero-order chi connectivity index (χ0) is 12.4. The molecule has 0 amide bonds. The third-order valence-corrected chi connectivity index (χ3v) is 6.33. The lowest BCUT2D eigenvalue weighted by Gasteiger charge is -2.38. The SMILES string of the molecule is CCC(C)C1CCC2C(CCC2C(C)CC)C1. The first-order valence-corrected chi connectivity index (χ1v) is 8.17. The molecule has 17 heavy (non-hydrogen) atoms. The molecule has 0 heterocycles. The molecule has 2 fully saturated rings. The molecular weight excluding hydrogens is 204 g/mol. The van der Waals surface area contributed by atoms with Gasteiger partial charge in [-0.05, 0) is 67.6 Å². The average molecular weight is 236 g/mol. The molecular formula is C17H32. The van der Waals surface area contributed by atoms with Gasteiger partial charge in [0.2, 0.25) is 0 Å². The van der Waals surface area contributed by atoms with E-state index in [0.717, 1.165) is 35.5 Å². The van der Waals surface area contributed by atoms with Crippen LogP contribution in [0.1, 0.15) is 72.6 Å². The summed E-state index contributed by atoms with van der Waals surface area (Å²) in [4.78, 5) is 0. The van der Waals surface area contributed by atoms with Gasteiger partial charge in [0.1, 0.15) is 0 Å². The first-order valence-electron chi connectivity index (χ1n) is 8.17. The number of hydrogen-bond donors (Lipinski definition) is 0. The molecule has 0 saturated heterocycles. The summed E-state index contributed by atoms with van der Waals surface area (Å²) in [5, 5.41) is 0. The van der Waals surface area contributed by atoms with Crippen molar-refractivity contribution in [2.24, 2.45) is 35.5 Å². The maximum absolute atomic E-state index is 2.49. The lowest BCUT2D eigenvalue weighted by Crippen LogP contribution is -2.29. The van der Waals surface area contributed by atoms with Crippen LogP contribution < -0.4 is 0 Å². The Hall–Kier alpha value is 0. The Labute approximate surface area is 109 Å². The summed E-state index contributed by atoms with van der Waals surface area (Å²) in [5.74, 6) is 6.27. The summed E-state index contributed by atoms with van der Waals surface area (Å²) in [6.45, 7) is 9.72. The van der Waals surface area contributed by atoms with Crippen molar-refractivity contribution in [2.45, 2.75) is 72.6 Å². The molecule has 100 valence electrons. The summed E-state index contributed by atoms with van der Waals surface area (Å²) in [7, 11) is 0. The first-order chi connectivity index (χ1) is 8.17. The van der Waals surface area contributed by atoms with Crippen molar-refractivity contribution in [2.75, 3.05) is 0 Å². The zero-order valence-electron chi connectivity index (χ0n) is 12.4. The quantitative estimate of drug-likeness (QED) is 0.603. The van der Waals surface area contributed by atoms with Gasteiger partial charge in [0.25, 0.3) is 0 Å². The minimum Gasteiger partial charge on any atom is -0.0651 e. The summed E-state index contributed by atoms with van der Waals surface area (Å²) in [5.41, 5.74) is 0. The van der Waals surface area contributed by atoms with Gasteiger partial charge >= 0.3 is 0 Å². The van der Waals surface area contributed by atoms with Gasteiger partial charge in [-0.1, -0.05) is 40.5 Å². The van der Waals surface area contributed by atoms with E-state index in [0.29, 0.717) is 0 Å². The zero-order valence-corrected chi connectivity index (χ0v) is 12.4. The van der Waals surface area contributed by atoms with Crippen LogP contribution >= 0.6 is 0 Å². The van der Waals surface area contributed by atoms with Crippen molar-refractivity contribution in [3.05, 3.63) is 0 Å². The molecule has 2 saturated carbocycles. The molecule has 2 rings (SSSR count). The van der Waals surface area contributed by atoms with Crippen LogP contribution in [0.5, 0.6) is 0 Å². The van der Waals surface area contributed by atoms with E-state index in [4.69, 9.17) is 0 Å². The largest absolute Gasteiger partial charge is 0.0651 e. The Morgan fingerprint density at radius 1 is 0.882 bits per heavy atom. The van der Waals surface area contributed by atoms with E-state index in [1.165, 1.54) is 25.7 Å². The Morgan fingerprint density at radius 2 is 1.59 bits per heavy atom. The molecule has 0 spiro atoms. The molecule has 0 aromatic heterocycles. The van der Waals surface area contributed by atoms with Gasteiger partial charge in [-0.25, -0.2) is 0 Å². The second kappa shape index (κ2) is 5.76. The predicted octanol–water partition coefficient (Wildman–Crippen LogP) is 5.52. The standard InChI is InChI=1S/C17H32/c1-5-12(3)14-7-10-17-15(11-14)8-9-16(17)13(4)6-2/h12-17H,5-11H2,1-4H3. The van der Waals surface area contributed by atoms with Crippen LogP contribution in [0.4, 0.5) is 0 Å². The van der Waals surface area contributed by atoms with Crippen molar-refractivity contribution in [1.82, 2.24) is 0 Å². The topological polar surface area (TPSA) is 0 Å². The van der Waals surface area contributed by atoms with Gasteiger partial charge in [-0.15, -0.1) is 0 Å². The van der Waals surface area contributed by atoms with Gasteiger partial charge in [0.15, 0.2) is 0 Å². The fourth-order valence-corrected chi connectivity index (χ4v) is 4.70. The van der Waals surface area contributed by atoms with Crippen molar-refractivity contribution >= 4 is 0 Å². The Balaban J connectivity index is 1.93. The molecule has 0 radical (unpaired) electrons. The molecule has 0 aliphatic heterocycles. The van der Waals surface area contributed by atoms with Crippen LogP contribution in [0.2, 0.25) is 0 Å². The molecule has 2 aliphatic carbocycles. The highest BCUT2D eigenvalue weighted by atomic mass is 14.5. The average Bonchev–Trinajstić information content (AvgIpc) is 2.79. The summed E-state index contributed by atoms with van der Waals surface area (Å²) in [6.07, 6.45) is 10.5. The van der Waals surface area contributed by atoms with Crippen LogP contribution in [0.15, 0.2) is 0 Å². The Bertz CT molecular complexity index is 232. The summed E-state index contributed by atoms with van der Waals surface area (Å²) >= 11 is 0. The van der Waals surface area contributed by atoms with E-state index < -0.39 is 0 Å². The van der Waals surface area contributed by atoms with Gasteiger partial charge in [0.05, 0.1) is 0 Å². The molecule has 0 nitrogen and oxygen atoms in total. The van der Waals surface area contributed by atoms with E-state index in [2.05, 4.69) is 27.7 Å². The summed E-state index contributed by atoms with van der Waals surface area (Å²) < 4.78 is 0. The van der Waals surface area contributed by atoms with Crippen LogP contribution in [0, 0.1) is 35.5 Å². The van der Waals surface area contributed by atoms with Crippen LogP contribution in [0.25, 0.3) is 0 Å². The lowest BCUT2D eigenvalue weighted by molar-refractivity contribution is 0.120. The normalized spacial score (nSPS) is 40.9. The molecule has 0 N–H and O–H groups in total. The minimum absolute atomic E-state index is 0.971. The third-order valence-electron chi connectivity index (χ3n) is 6.33. The van der Waals surface area contributed by atoms with E-state index in [1.54, 1.807) is 19.3 Å². The van der Waals surface area contributed by atoms with Gasteiger partial charge < -0.3 is 0 Å². The molecule has 0 heteroatoms. The van der Waals surface area contributed by atoms with Crippen molar-refractivity contribution in [1.29, 1.82) is 0 Å². The van der Waals surface area contributed by atoms with E-state index >= 15 is 0 Å². The summed E-state index contributed by atoms with van der Waals surface area (Å²) in [6, 6.07) is 0. The first kappa shape index (κ1) is 13.4. The van der Waals surface area contributed by atoms with Crippen molar-refractivity contribution < 1.29 is 0 Å². The monoisotopic (exact) mass is 236 g/mol. The van der Waals surface area contributed by atoms with E-state index in [1.807, 2.05) is 0 Å². The maximum atomic E-state index is 2.49. The second-order valence-corrected chi connectivity index (χ2v) is 7.01. The Kier molecular flexibility index (Phi) is 4.55. The van der Waals surface area contributed by atoms with Gasteiger partial charge in [-0.2, -0.15) is 0 Å². The molecule has 0 aromatic carbocycles. The van der Waals surface area contributed by atoms with Crippen LogP contribution in [-0.2, 0) is 0 Å². The van der Waals surface area contributed by atoms with Crippen molar-refractivity contribution in [3.63, 3.8) is 0 Å². The number of hydrogen-bond acceptors (Lipinski definition) is 0. The molecule has 0 bridgehead atoms. The Morgan fingerprint density at radius 3 is 2.24 bits per heavy atom.